The Morgan fingerprint density at radius 3 is 1.09 bits per heavy atom. The first-order valence-electron chi connectivity index (χ1n) is 19.6. The molecule has 7 heteroatoms. The molecule has 0 bridgehead atoms. The highest BCUT2D eigenvalue weighted by atomic mass is 28.4. The lowest BCUT2D eigenvalue weighted by atomic mass is 10.1. The fourth-order valence-corrected chi connectivity index (χ4v) is 19.7. The Hall–Kier alpha value is -3.81. The molecule has 4 fully saturated rings. The lowest BCUT2D eigenvalue weighted by molar-refractivity contribution is -0.120. The van der Waals surface area contributed by atoms with Gasteiger partial charge in [0.2, 0.25) is 11.9 Å². The number of benzene rings is 4. The second-order valence-corrected chi connectivity index (χ2v) is 26.5. The summed E-state index contributed by atoms with van der Waals surface area (Å²) in [7, 11) is -4.92. The summed E-state index contributed by atoms with van der Waals surface area (Å²) < 4.78 is 14.3. The van der Waals surface area contributed by atoms with Gasteiger partial charge in [0.05, 0.1) is 0 Å². The first kappa shape index (κ1) is 37.5. The van der Waals surface area contributed by atoms with Crippen LogP contribution in [0.4, 0.5) is 0 Å². The van der Waals surface area contributed by atoms with Crippen molar-refractivity contribution in [1.29, 1.82) is 0 Å². The van der Waals surface area contributed by atoms with Crippen molar-refractivity contribution in [2.75, 3.05) is 0 Å². The molecule has 4 saturated carbocycles. The molecule has 4 aromatic rings. The van der Waals surface area contributed by atoms with Gasteiger partial charge < -0.3 is 19.4 Å². The highest BCUT2D eigenvalue weighted by Gasteiger charge is 2.65. The molecule has 0 spiro atoms. The molecule has 0 saturated heterocycles. The number of fused-ring (bicyclic) bond motifs is 2. The average Bonchev–Trinajstić information content (AvgIpc) is 3.88. The molecule has 4 unspecified atom stereocenters. The number of nitrogens with two attached hydrogens (primary N) is 1. The average molecular weight is 741 g/mol. The quantitative estimate of drug-likeness (QED) is 0.145. The van der Waals surface area contributed by atoms with Crippen molar-refractivity contribution in [2.45, 2.75) is 95.6 Å². The van der Waals surface area contributed by atoms with Gasteiger partial charge in [-0.3, -0.25) is 4.79 Å². The first-order valence-corrected chi connectivity index (χ1v) is 23.4. The summed E-state index contributed by atoms with van der Waals surface area (Å²) in [5.41, 5.74) is 5.54. The molecule has 5 nitrogen and oxygen atoms in total. The minimum Gasteiger partial charge on any atom is -0.404 e. The lowest BCUT2D eigenvalue weighted by Crippen LogP contribution is -2.67. The van der Waals surface area contributed by atoms with Gasteiger partial charge in [-0.2, -0.15) is 0 Å². The number of nitrogens with zero attached hydrogens (tertiary/aromatic N) is 1. The van der Waals surface area contributed by atoms with Crippen LogP contribution < -0.4 is 26.5 Å². The Morgan fingerprint density at radius 1 is 0.566 bits per heavy atom. The van der Waals surface area contributed by atoms with Crippen LogP contribution >= 0.6 is 0 Å². The summed E-state index contributed by atoms with van der Waals surface area (Å²) in [6.45, 7) is 21.2. The predicted octanol–water partition coefficient (Wildman–Crippen LogP) is 7.33. The molecule has 0 aromatic heterocycles. The van der Waals surface area contributed by atoms with Gasteiger partial charge in [0.1, 0.15) is 0 Å². The molecule has 1 amide bonds. The third-order valence-corrected chi connectivity index (χ3v) is 22.9. The number of hydrogen-bond donors (Lipinski definition) is 1. The molecule has 0 heterocycles. The van der Waals surface area contributed by atoms with Crippen molar-refractivity contribution < 1.29 is 13.6 Å². The standard InChI is InChI=1S/C23H29NO2Si.C23H27NOSi/c1-23(2,3)27(17-10-6-4-7-11-17,18-12-8-5-9-13-18)26-16-14-19-20(15-16)21(19)22(24)25;1-23(2,3)26(18-11-7-5-8-12-18,19-13-9-6-10-14-19)25-17-15-20-21(16-17)22(20)24-4/h4-13,16,19-21H,14-15H2,1-3H3,(H2,24,25);5-14,17,20-22H,15-16H2,1-3H3/t16?,19-,20+,21?;17?,20-,21+,22?. The van der Waals surface area contributed by atoms with E-state index in [1.807, 2.05) is 0 Å². The Kier molecular flexibility index (Phi) is 10.2. The van der Waals surface area contributed by atoms with Gasteiger partial charge in [-0.05, 0) is 68.3 Å². The zero-order chi connectivity index (χ0) is 37.6. The molecular formula is C46H56N2O3Si2. The van der Waals surface area contributed by atoms with E-state index < -0.39 is 16.6 Å². The third-order valence-electron chi connectivity index (χ3n) is 12.8. The Bertz CT molecular complexity index is 1800. The van der Waals surface area contributed by atoms with E-state index in [9.17, 15) is 4.79 Å². The number of carbonyl (C=O) groups excluding carboxylic acids is 1. The Morgan fingerprint density at radius 2 is 0.849 bits per heavy atom. The molecule has 4 aliphatic rings. The molecule has 4 aliphatic carbocycles. The van der Waals surface area contributed by atoms with Gasteiger partial charge in [-0.25, -0.2) is 6.57 Å². The van der Waals surface area contributed by atoms with Crippen LogP contribution in [0.15, 0.2) is 121 Å². The van der Waals surface area contributed by atoms with Gasteiger partial charge in [-0.1, -0.05) is 163 Å². The predicted molar refractivity (Wildman–Crippen MR) is 220 cm³/mol. The maximum Gasteiger partial charge on any atom is 0.261 e. The molecular weight excluding hydrogens is 685 g/mol. The number of rotatable bonds is 9. The zero-order valence-corrected chi connectivity index (χ0v) is 34.2. The van der Waals surface area contributed by atoms with Crippen molar-refractivity contribution in [3.8, 4) is 0 Å². The zero-order valence-electron chi connectivity index (χ0n) is 32.2. The van der Waals surface area contributed by atoms with Crippen LogP contribution in [0.25, 0.3) is 4.85 Å². The summed E-state index contributed by atoms with van der Waals surface area (Å²) in [5.74, 6) is 1.99. The Balaban J connectivity index is 0.000000164. The minimum absolute atomic E-state index is 0.00836. The summed E-state index contributed by atoms with van der Waals surface area (Å²) in [5, 5.41) is 5.35. The first-order chi connectivity index (χ1) is 25.3. The maximum absolute atomic E-state index is 11.6. The molecule has 0 radical (unpaired) electrons. The van der Waals surface area contributed by atoms with Gasteiger partial charge >= 0.3 is 0 Å². The van der Waals surface area contributed by atoms with Crippen molar-refractivity contribution in [3.05, 3.63) is 133 Å². The van der Waals surface area contributed by atoms with Crippen molar-refractivity contribution in [3.63, 3.8) is 0 Å². The summed E-state index contributed by atoms with van der Waals surface area (Å²) >= 11 is 0. The van der Waals surface area contributed by atoms with Crippen LogP contribution in [-0.4, -0.2) is 40.8 Å². The van der Waals surface area contributed by atoms with E-state index in [2.05, 4.69) is 168 Å². The van der Waals surface area contributed by atoms with Gasteiger partial charge in [0.25, 0.3) is 16.6 Å². The molecule has 4 aromatic carbocycles. The Labute approximate surface area is 319 Å². The van der Waals surface area contributed by atoms with Gasteiger partial charge in [0.15, 0.2) is 0 Å². The molecule has 8 atom stereocenters. The second kappa shape index (κ2) is 14.4. The van der Waals surface area contributed by atoms with E-state index in [1.54, 1.807) is 0 Å². The number of primary amides is 1. The van der Waals surface area contributed by atoms with E-state index in [-0.39, 0.29) is 40.2 Å². The monoisotopic (exact) mass is 740 g/mol. The summed E-state index contributed by atoms with van der Waals surface area (Å²) in [6.07, 6.45) is 4.53. The van der Waals surface area contributed by atoms with Gasteiger partial charge in [-0.15, -0.1) is 0 Å². The largest absolute Gasteiger partial charge is 0.404 e. The van der Waals surface area contributed by atoms with Crippen LogP contribution in [0, 0.1) is 36.2 Å². The van der Waals surface area contributed by atoms with E-state index in [0.717, 1.165) is 25.7 Å². The topological polar surface area (TPSA) is 65.9 Å². The van der Waals surface area contributed by atoms with Crippen LogP contribution in [-0.2, 0) is 13.6 Å². The highest BCUT2D eigenvalue weighted by molar-refractivity contribution is 7.00. The maximum atomic E-state index is 11.6. The number of hydrogen-bond acceptors (Lipinski definition) is 3. The number of carbonyl (C=O) groups is 1. The molecule has 276 valence electrons. The summed E-state index contributed by atoms with van der Waals surface area (Å²) in [6, 6.07) is 43.5. The molecule has 53 heavy (non-hydrogen) atoms. The van der Waals surface area contributed by atoms with E-state index >= 15 is 0 Å². The van der Waals surface area contributed by atoms with Crippen LogP contribution in [0.3, 0.4) is 0 Å². The fraction of sp³-hybridized carbons (Fsp3) is 0.435. The van der Waals surface area contributed by atoms with Crippen molar-refractivity contribution in [1.82, 2.24) is 0 Å². The SMILES string of the molecule is CC(C)(C)[Si](OC1C[C@@H]2C(C(N)=O)[C@@H]2C1)(c1ccccc1)c1ccccc1.[C-]#[N+]C1[C@H]2CC(O[Si](c3ccccc3)(c3ccccc3)C(C)(C)C)C[C@@H]12. The third kappa shape index (κ3) is 6.89. The van der Waals surface area contributed by atoms with E-state index in [0.29, 0.717) is 23.7 Å². The second-order valence-electron chi connectivity index (χ2n) is 18.0. The van der Waals surface area contributed by atoms with Crippen molar-refractivity contribution >= 4 is 43.3 Å². The molecule has 8 rings (SSSR count). The van der Waals surface area contributed by atoms with Crippen molar-refractivity contribution in [2.24, 2.45) is 35.3 Å². The highest BCUT2D eigenvalue weighted by Crippen LogP contribution is 2.59. The summed E-state index contributed by atoms with van der Waals surface area (Å²) in [4.78, 5) is 15.3. The minimum atomic E-state index is -2.49. The van der Waals surface area contributed by atoms with Gasteiger partial charge in [0, 0.05) is 30.0 Å². The van der Waals surface area contributed by atoms with Crippen LogP contribution in [0.2, 0.25) is 10.1 Å². The number of amides is 1. The molecule has 0 aliphatic heterocycles. The van der Waals surface area contributed by atoms with E-state index in [4.69, 9.17) is 21.2 Å². The fourth-order valence-electron chi connectivity index (χ4n) is 10.2. The van der Waals surface area contributed by atoms with Crippen LogP contribution in [0.1, 0.15) is 67.2 Å². The van der Waals surface area contributed by atoms with Crippen LogP contribution in [0.5, 0.6) is 0 Å². The molecule has 2 N–H and O–H groups in total. The lowest BCUT2D eigenvalue weighted by Gasteiger charge is -2.45. The van der Waals surface area contributed by atoms with E-state index in [1.165, 1.54) is 20.7 Å². The normalized spacial score (nSPS) is 27.4. The smallest absolute Gasteiger partial charge is 0.261 e.